The normalized spacial score (nSPS) is 9.93. The van der Waals surface area contributed by atoms with Gasteiger partial charge < -0.3 is 9.47 Å². The first-order valence-corrected chi connectivity index (χ1v) is 4.50. The van der Waals surface area contributed by atoms with Crippen molar-refractivity contribution in [1.29, 1.82) is 0 Å². The Labute approximate surface area is 91.5 Å². The maximum atomic E-state index is 10.7. The van der Waals surface area contributed by atoms with Gasteiger partial charge in [-0.1, -0.05) is 23.2 Å². The molecule has 0 aliphatic carbocycles. The Balaban J connectivity index is 3.05. The van der Waals surface area contributed by atoms with Crippen molar-refractivity contribution >= 4 is 29.5 Å². The minimum atomic E-state index is 0.0300. The van der Waals surface area contributed by atoms with Gasteiger partial charge in [0.2, 0.25) is 0 Å². The highest BCUT2D eigenvalue weighted by atomic mass is 35.5. The summed E-state index contributed by atoms with van der Waals surface area (Å²) < 4.78 is 9.82. The molecule has 0 bridgehead atoms. The summed E-state index contributed by atoms with van der Waals surface area (Å²) in [6.45, 7) is 0.0300. The number of ether oxygens (including phenoxy) is 2. The third kappa shape index (κ3) is 2.61. The summed E-state index contributed by atoms with van der Waals surface area (Å²) in [6.07, 6.45) is 0.628. The Morgan fingerprint density at radius 2 is 2.14 bits per heavy atom. The van der Waals surface area contributed by atoms with E-state index in [0.717, 1.165) is 0 Å². The number of hydrogen-bond donors (Lipinski definition) is 0. The van der Waals surface area contributed by atoms with Gasteiger partial charge in [-0.25, -0.2) is 0 Å². The molecule has 0 fully saturated rings. The van der Waals surface area contributed by atoms with Crippen LogP contribution in [0.2, 0.25) is 10.0 Å². The number of carbonyl (C=O) groups is 1. The van der Waals surface area contributed by atoms with E-state index in [0.29, 0.717) is 16.9 Å². The monoisotopic (exact) mass is 234 g/mol. The van der Waals surface area contributed by atoms with E-state index < -0.39 is 0 Å². The van der Waals surface area contributed by atoms with Crippen molar-refractivity contribution < 1.29 is 14.3 Å². The van der Waals surface area contributed by atoms with Crippen molar-refractivity contribution in [3.05, 3.63) is 27.7 Å². The highest BCUT2D eigenvalue weighted by Gasteiger charge is 2.09. The highest BCUT2D eigenvalue weighted by Crippen LogP contribution is 2.31. The van der Waals surface area contributed by atoms with Crippen LogP contribution in [0.3, 0.4) is 0 Å². The van der Waals surface area contributed by atoms with Crippen LogP contribution in [0.5, 0.6) is 5.75 Å². The molecule has 0 aliphatic rings. The second-order valence-electron chi connectivity index (χ2n) is 2.47. The van der Waals surface area contributed by atoms with E-state index >= 15 is 0 Å². The minimum absolute atomic E-state index is 0.0300. The van der Waals surface area contributed by atoms with Crippen molar-refractivity contribution in [3.8, 4) is 5.75 Å². The first-order chi connectivity index (χ1) is 6.69. The molecule has 0 amide bonds. The van der Waals surface area contributed by atoms with Crippen LogP contribution in [-0.2, 0) is 4.74 Å². The molecule has 0 aliphatic heterocycles. The van der Waals surface area contributed by atoms with Crippen LogP contribution in [0, 0.1) is 0 Å². The standard InChI is InChI=1S/C9H8Cl2O3/c1-13-5-14-9-6(4-12)2-7(10)3-8(9)11/h2-4H,5H2,1H3. The summed E-state index contributed by atoms with van der Waals surface area (Å²) in [7, 11) is 1.48. The number of aldehydes is 1. The van der Waals surface area contributed by atoms with Gasteiger partial charge in [-0.05, 0) is 12.1 Å². The zero-order valence-electron chi connectivity index (χ0n) is 7.42. The number of hydrogen-bond acceptors (Lipinski definition) is 3. The molecule has 0 aromatic heterocycles. The number of benzene rings is 1. The lowest BCUT2D eigenvalue weighted by Crippen LogP contribution is -2.02. The molecule has 14 heavy (non-hydrogen) atoms. The highest BCUT2D eigenvalue weighted by molar-refractivity contribution is 6.36. The summed E-state index contributed by atoms with van der Waals surface area (Å²) in [5.74, 6) is 0.285. The third-order valence-electron chi connectivity index (χ3n) is 1.49. The van der Waals surface area contributed by atoms with Gasteiger partial charge in [0.1, 0.15) is 0 Å². The minimum Gasteiger partial charge on any atom is -0.465 e. The van der Waals surface area contributed by atoms with Gasteiger partial charge in [0.05, 0.1) is 10.6 Å². The average molecular weight is 235 g/mol. The van der Waals surface area contributed by atoms with Gasteiger partial charge in [-0.2, -0.15) is 0 Å². The van der Waals surface area contributed by atoms with E-state index in [1.165, 1.54) is 19.2 Å². The Kier molecular flexibility index (Phi) is 4.20. The Hall–Kier alpha value is -0.770. The van der Waals surface area contributed by atoms with Crippen LogP contribution in [0.15, 0.2) is 12.1 Å². The molecular formula is C9H8Cl2O3. The molecule has 0 atom stereocenters. The molecule has 3 nitrogen and oxygen atoms in total. The molecule has 1 aromatic rings. The molecule has 1 rings (SSSR count). The third-order valence-corrected chi connectivity index (χ3v) is 1.98. The van der Waals surface area contributed by atoms with E-state index in [9.17, 15) is 4.79 Å². The lowest BCUT2D eigenvalue weighted by molar-refractivity contribution is 0.0506. The molecule has 0 N–H and O–H groups in total. The zero-order chi connectivity index (χ0) is 10.6. The van der Waals surface area contributed by atoms with Crippen LogP contribution < -0.4 is 4.74 Å². The second-order valence-corrected chi connectivity index (χ2v) is 3.32. The molecule has 0 spiro atoms. The average Bonchev–Trinajstić information content (AvgIpc) is 2.15. The molecule has 76 valence electrons. The van der Waals surface area contributed by atoms with Gasteiger partial charge in [-0.3, -0.25) is 4.79 Å². The molecule has 0 unspecified atom stereocenters. The van der Waals surface area contributed by atoms with E-state index in [-0.39, 0.29) is 17.6 Å². The predicted octanol–water partition coefficient (Wildman–Crippen LogP) is 2.79. The fourth-order valence-corrected chi connectivity index (χ4v) is 1.50. The zero-order valence-corrected chi connectivity index (χ0v) is 8.93. The Morgan fingerprint density at radius 3 is 2.71 bits per heavy atom. The lowest BCUT2D eigenvalue weighted by atomic mass is 10.2. The van der Waals surface area contributed by atoms with Crippen LogP contribution in [0.4, 0.5) is 0 Å². The molecule has 5 heteroatoms. The smallest absolute Gasteiger partial charge is 0.188 e. The quantitative estimate of drug-likeness (QED) is 0.594. The van der Waals surface area contributed by atoms with Crippen molar-refractivity contribution in [2.75, 3.05) is 13.9 Å². The maximum absolute atomic E-state index is 10.7. The van der Waals surface area contributed by atoms with Crippen molar-refractivity contribution in [3.63, 3.8) is 0 Å². The van der Waals surface area contributed by atoms with E-state index in [4.69, 9.17) is 32.7 Å². The van der Waals surface area contributed by atoms with Gasteiger partial charge in [0.25, 0.3) is 0 Å². The van der Waals surface area contributed by atoms with Crippen LogP contribution in [0.1, 0.15) is 10.4 Å². The number of rotatable bonds is 4. The molecule has 0 radical (unpaired) electrons. The van der Waals surface area contributed by atoms with Gasteiger partial charge in [0, 0.05) is 12.1 Å². The van der Waals surface area contributed by atoms with Crippen molar-refractivity contribution in [2.24, 2.45) is 0 Å². The van der Waals surface area contributed by atoms with Gasteiger partial charge >= 0.3 is 0 Å². The molecule has 0 saturated heterocycles. The number of halogens is 2. The summed E-state index contributed by atoms with van der Waals surface area (Å²) in [5.41, 5.74) is 0.305. The Morgan fingerprint density at radius 1 is 1.43 bits per heavy atom. The van der Waals surface area contributed by atoms with E-state index in [1.807, 2.05) is 0 Å². The summed E-state index contributed by atoms with van der Waals surface area (Å²) >= 11 is 11.5. The van der Waals surface area contributed by atoms with E-state index in [2.05, 4.69) is 0 Å². The second kappa shape index (κ2) is 5.20. The summed E-state index contributed by atoms with van der Waals surface area (Å²) in [6, 6.07) is 2.98. The van der Waals surface area contributed by atoms with Crippen molar-refractivity contribution in [1.82, 2.24) is 0 Å². The fourth-order valence-electron chi connectivity index (χ4n) is 0.938. The SMILES string of the molecule is COCOc1c(Cl)cc(Cl)cc1C=O. The van der Waals surface area contributed by atoms with Crippen LogP contribution >= 0.6 is 23.2 Å². The molecule has 0 heterocycles. The Bertz CT molecular complexity index is 339. The van der Waals surface area contributed by atoms with E-state index in [1.54, 1.807) is 0 Å². The lowest BCUT2D eigenvalue weighted by Gasteiger charge is -2.09. The maximum Gasteiger partial charge on any atom is 0.188 e. The number of methoxy groups -OCH3 is 1. The topological polar surface area (TPSA) is 35.5 Å². The summed E-state index contributed by atoms with van der Waals surface area (Å²) in [5, 5.41) is 0.679. The van der Waals surface area contributed by atoms with Gasteiger partial charge in [-0.15, -0.1) is 0 Å². The molecule has 1 aromatic carbocycles. The van der Waals surface area contributed by atoms with Gasteiger partial charge in [0.15, 0.2) is 18.8 Å². The largest absolute Gasteiger partial charge is 0.465 e. The molecule has 0 saturated carbocycles. The number of carbonyl (C=O) groups excluding carboxylic acids is 1. The predicted molar refractivity (Wildman–Crippen MR) is 54.4 cm³/mol. The van der Waals surface area contributed by atoms with Crippen molar-refractivity contribution in [2.45, 2.75) is 0 Å². The molecular weight excluding hydrogens is 227 g/mol. The van der Waals surface area contributed by atoms with Crippen LogP contribution in [-0.4, -0.2) is 20.2 Å². The first kappa shape index (κ1) is 11.3. The first-order valence-electron chi connectivity index (χ1n) is 3.75. The fraction of sp³-hybridized carbons (Fsp3) is 0.222. The van der Waals surface area contributed by atoms with Crippen LogP contribution in [0.25, 0.3) is 0 Å². The summed E-state index contributed by atoms with van der Waals surface area (Å²) in [4.78, 5) is 10.7.